The summed E-state index contributed by atoms with van der Waals surface area (Å²) in [6, 6.07) is 9.32. The van der Waals surface area contributed by atoms with Crippen molar-refractivity contribution < 1.29 is 9.53 Å². The molecule has 0 aliphatic heterocycles. The van der Waals surface area contributed by atoms with Gasteiger partial charge in [-0.3, -0.25) is 9.59 Å². The molecule has 1 heterocycles. The standard InChI is InChI=1S/C15H17N3O3/c1-10-7-8-14(19)18(17-10)11(2)15(20)16-12-5-4-6-13(9-12)21-3/h4-9,11H,1-3H3,(H,16,20). The van der Waals surface area contributed by atoms with Gasteiger partial charge in [-0.15, -0.1) is 0 Å². The van der Waals surface area contributed by atoms with Gasteiger partial charge in [0.15, 0.2) is 0 Å². The maximum atomic E-state index is 12.2. The third kappa shape index (κ3) is 3.47. The van der Waals surface area contributed by atoms with Crippen molar-refractivity contribution in [2.75, 3.05) is 12.4 Å². The molecule has 1 unspecified atom stereocenters. The topological polar surface area (TPSA) is 73.2 Å². The Morgan fingerprint density at radius 2 is 2.10 bits per heavy atom. The molecule has 6 nitrogen and oxygen atoms in total. The van der Waals surface area contributed by atoms with E-state index in [-0.39, 0.29) is 11.5 Å². The highest BCUT2D eigenvalue weighted by molar-refractivity contribution is 5.93. The third-order valence-electron chi connectivity index (χ3n) is 3.04. The quantitative estimate of drug-likeness (QED) is 0.930. The predicted octanol–water partition coefficient (Wildman–Crippen LogP) is 1.76. The van der Waals surface area contributed by atoms with E-state index in [1.54, 1.807) is 51.3 Å². The molecule has 1 amide bonds. The number of hydrogen-bond acceptors (Lipinski definition) is 4. The smallest absolute Gasteiger partial charge is 0.267 e. The molecule has 2 rings (SSSR count). The van der Waals surface area contributed by atoms with Crippen LogP contribution in [-0.4, -0.2) is 22.8 Å². The first kappa shape index (κ1) is 14.8. The van der Waals surface area contributed by atoms with E-state index in [1.807, 2.05) is 0 Å². The van der Waals surface area contributed by atoms with Crippen molar-refractivity contribution in [3.05, 3.63) is 52.4 Å². The van der Waals surface area contributed by atoms with Crippen molar-refractivity contribution in [3.8, 4) is 5.75 Å². The number of rotatable bonds is 4. The lowest BCUT2D eigenvalue weighted by Crippen LogP contribution is -2.33. The van der Waals surface area contributed by atoms with Crippen LogP contribution in [-0.2, 0) is 4.79 Å². The largest absolute Gasteiger partial charge is 0.497 e. The van der Waals surface area contributed by atoms with E-state index >= 15 is 0 Å². The fourth-order valence-corrected chi connectivity index (χ4v) is 1.86. The third-order valence-corrected chi connectivity index (χ3v) is 3.04. The number of carbonyl (C=O) groups excluding carboxylic acids is 1. The zero-order valence-electron chi connectivity index (χ0n) is 12.2. The molecule has 0 radical (unpaired) electrons. The zero-order chi connectivity index (χ0) is 15.4. The Labute approximate surface area is 122 Å². The van der Waals surface area contributed by atoms with Crippen LogP contribution in [0.1, 0.15) is 18.7 Å². The normalized spacial score (nSPS) is 11.8. The van der Waals surface area contributed by atoms with Gasteiger partial charge in [0.25, 0.3) is 5.56 Å². The van der Waals surface area contributed by atoms with Crippen LogP contribution in [0.4, 0.5) is 5.69 Å². The van der Waals surface area contributed by atoms with Gasteiger partial charge in [0.05, 0.1) is 12.8 Å². The number of amides is 1. The number of aryl methyl sites for hydroxylation is 1. The number of anilines is 1. The molecule has 0 spiro atoms. The molecule has 1 aromatic heterocycles. The number of aromatic nitrogens is 2. The monoisotopic (exact) mass is 287 g/mol. The van der Waals surface area contributed by atoms with Crippen LogP contribution in [0.2, 0.25) is 0 Å². The molecular weight excluding hydrogens is 270 g/mol. The summed E-state index contributed by atoms with van der Waals surface area (Å²) in [5, 5.41) is 6.83. The van der Waals surface area contributed by atoms with Crippen LogP contribution in [0.25, 0.3) is 0 Å². The van der Waals surface area contributed by atoms with E-state index in [4.69, 9.17) is 4.74 Å². The maximum absolute atomic E-state index is 12.2. The number of nitrogens with zero attached hydrogens (tertiary/aromatic N) is 2. The minimum Gasteiger partial charge on any atom is -0.497 e. The minimum absolute atomic E-state index is 0.311. The van der Waals surface area contributed by atoms with Crippen molar-refractivity contribution in [2.24, 2.45) is 0 Å². The van der Waals surface area contributed by atoms with Gasteiger partial charge >= 0.3 is 0 Å². The molecule has 1 aromatic carbocycles. The fraction of sp³-hybridized carbons (Fsp3) is 0.267. The van der Waals surface area contributed by atoms with Crippen LogP contribution in [0.15, 0.2) is 41.2 Å². The molecule has 0 fully saturated rings. The number of nitrogens with one attached hydrogen (secondary N) is 1. The van der Waals surface area contributed by atoms with Crippen molar-refractivity contribution in [3.63, 3.8) is 0 Å². The van der Waals surface area contributed by atoms with Crippen LogP contribution in [0.5, 0.6) is 5.75 Å². The number of ether oxygens (including phenoxy) is 1. The lowest BCUT2D eigenvalue weighted by molar-refractivity contribution is -0.119. The molecule has 0 saturated heterocycles. The zero-order valence-corrected chi connectivity index (χ0v) is 12.2. The van der Waals surface area contributed by atoms with Crippen LogP contribution >= 0.6 is 0 Å². The summed E-state index contributed by atoms with van der Waals surface area (Å²) in [6.45, 7) is 3.39. The first-order chi connectivity index (χ1) is 10.0. The van der Waals surface area contributed by atoms with Gasteiger partial charge in [0, 0.05) is 17.8 Å². The summed E-state index contributed by atoms with van der Waals surface area (Å²) >= 11 is 0. The van der Waals surface area contributed by atoms with E-state index in [1.165, 1.54) is 10.7 Å². The van der Waals surface area contributed by atoms with Gasteiger partial charge < -0.3 is 10.1 Å². The fourth-order valence-electron chi connectivity index (χ4n) is 1.86. The Balaban J connectivity index is 2.19. The summed E-state index contributed by atoms with van der Waals surface area (Å²) < 4.78 is 6.27. The summed E-state index contributed by atoms with van der Waals surface area (Å²) in [6.07, 6.45) is 0. The molecule has 6 heteroatoms. The minimum atomic E-state index is -0.705. The molecular formula is C15H17N3O3. The molecule has 110 valence electrons. The first-order valence-electron chi connectivity index (χ1n) is 6.52. The molecule has 0 saturated carbocycles. The van der Waals surface area contributed by atoms with E-state index in [9.17, 15) is 9.59 Å². The van der Waals surface area contributed by atoms with Gasteiger partial charge in [-0.05, 0) is 32.0 Å². The number of benzene rings is 1. The highest BCUT2D eigenvalue weighted by Crippen LogP contribution is 2.17. The van der Waals surface area contributed by atoms with Gasteiger partial charge in [-0.2, -0.15) is 5.10 Å². The highest BCUT2D eigenvalue weighted by Gasteiger charge is 2.17. The molecule has 0 aliphatic carbocycles. The van der Waals surface area contributed by atoms with E-state index in [2.05, 4.69) is 10.4 Å². The molecule has 2 aromatic rings. The van der Waals surface area contributed by atoms with Gasteiger partial charge in [0.1, 0.15) is 11.8 Å². The molecule has 1 atom stereocenters. The van der Waals surface area contributed by atoms with E-state index in [0.29, 0.717) is 17.1 Å². The Morgan fingerprint density at radius 3 is 2.81 bits per heavy atom. The van der Waals surface area contributed by atoms with Crippen molar-refractivity contribution >= 4 is 11.6 Å². The molecule has 21 heavy (non-hydrogen) atoms. The summed E-state index contributed by atoms with van der Waals surface area (Å²) in [5.74, 6) is 0.328. The molecule has 0 aliphatic rings. The molecule has 0 bridgehead atoms. The second kappa shape index (κ2) is 6.21. The number of carbonyl (C=O) groups is 1. The highest BCUT2D eigenvalue weighted by atomic mass is 16.5. The lowest BCUT2D eigenvalue weighted by atomic mass is 10.2. The summed E-state index contributed by atoms with van der Waals surface area (Å²) in [7, 11) is 1.56. The summed E-state index contributed by atoms with van der Waals surface area (Å²) in [5.41, 5.74) is 0.969. The Bertz CT molecular complexity index is 709. The average Bonchev–Trinajstić information content (AvgIpc) is 2.49. The van der Waals surface area contributed by atoms with Gasteiger partial charge in [0.2, 0.25) is 5.91 Å². The Morgan fingerprint density at radius 1 is 1.33 bits per heavy atom. The van der Waals surface area contributed by atoms with E-state index < -0.39 is 6.04 Å². The Hall–Kier alpha value is -2.63. The van der Waals surface area contributed by atoms with Crippen LogP contribution in [0, 0.1) is 6.92 Å². The molecule has 1 N–H and O–H groups in total. The van der Waals surface area contributed by atoms with E-state index in [0.717, 1.165) is 0 Å². The van der Waals surface area contributed by atoms with Gasteiger partial charge in [-0.25, -0.2) is 4.68 Å². The van der Waals surface area contributed by atoms with Crippen molar-refractivity contribution in [1.29, 1.82) is 0 Å². The summed E-state index contributed by atoms with van der Waals surface area (Å²) in [4.78, 5) is 24.0. The maximum Gasteiger partial charge on any atom is 0.267 e. The Kier molecular flexibility index (Phi) is 4.37. The first-order valence-corrected chi connectivity index (χ1v) is 6.52. The van der Waals surface area contributed by atoms with Gasteiger partial charge in [-0.1, -0.05) is 6.07 Å². The van der Waals surface area contributed by atoms with Crippen LogP contribution in [0.3, 0.4) is 0 Å². The second-order valence-electron chi connectivity index (χ2n) is 4.65. The lowest BCUT2D eigenvalue weighted by Gasteiger charge is -2.14. The number of methoxy groups -OCH3 is 1. The predicted molar refractivity (Wildman–Crippen MR) is 79.6 cm³/mol. The van der Waals surface area contributed by atoms with Crippen molar-refractivity contribution in [1.82, 2.24) is 9.78 Å². The average molecular weight is 287 g/mol. The second-order valence-corrected chi connectivity index (χ2v) is 4.65. The van der Waals surface area contributed by atoms with Crippen LogP contribution < -0.4 is 15.6 Å². The SMILES string of the molecule is COc1cccc(NC(=O)C(C)n2nc(C)ccc2=O)c1. The number of hydrogen-bond donors (Lipinski definition) is 1. The van der Waals surface area contributed by atoms with Crippen molar-refractivity contribution in [2.45, 2.75) is 19.9 Å².